The third kappa shape index (κ3) is 1.41. The van der Waals surface area contributed by atoms with Crippen LogP contribution >= 0.6 is 11.3 Å². The van der Waals surface area contributed by atoms with E-state index in [-0.39, 0.29) is 18.5 Å². The number of thiazole rings is 1. The molecule has 0 spiro atoms. The van der Waals surface area contributed by atoms with E-state index in [0.29, 0.717) is 5.13 Å². The molecule has 1 saturated heterocycles. The summed E-state index contributed by atoms with van der Waals surface area (Å²) in [6, 6.07) is -0.351. The number of anilines is 1. The van der Waals surface area contributed by atoms with Gasteiger partial charge in [0.1, 0.15) is 0 Å². The van der Waals surface area contributed by atoms with Gasteiger partial charge < -0.3 is 5.32 Å². The van der Waals surface area contributed by atoms with Crippen molar-refractivity contribution in [3.8, 4) is 0 Å². The van der Waals surface area contributed by atoms with Crippen LogP contribution in [0.4, 0.5) is 9.93 Å². The number of aryl methyl sites for hydroxylation is 2. The Kier molecular flexibility index (Phi) is 2.17. The highest BCUT2D eigenvalue weighted by Gasteiger charge is 2.33. The zero-order valence-corrected chi connectivity index (χ0v) is 9.47. The summed E-state index contributed by atoms with van der Waals surface area (Å²) >= 11 is 1.47. The molecule has 1 aliphatic heterocycles. The van der Waals surface area contributed by atoms with Crippen LogP contribution in [0.3, 0.4) is 0 Å². The van der Waals surface area contributed by atoms with Crippen LogP contribution in [0.15, 0.2) is 0 Å². The van der Waals surface area contributed by atoms with E-state index in [2.05, 4.69) is 10.3 Å². The fourth-order valence-electron chi connectivity index (χ4n) is 2.05. The predicted molar refractivity (Wildman–Crippen MR) is 59.6 cm³/mol. The van der Waals surface area contributed by atoms with E-state index in [1.807, 2.05) is 0 Å². The van der Waals surface area contributed by atoms with Crippen molar-refractivity contribution in [1.82, 2.24) is 10.3 Å². The van der Waals surface area contributed by atoms with Crippen molar-refractivity contribution >= 4 is 28.4 Å². The third-order valence-electron chi connectivity index (χ3n) is 2.87. The topological polar surface area (TPSA) is 62.3 Å². The Labute approximate surface area is 96.5 Å². The molecule has 3 amide bonds. The molecular weight excluding hydrogens is 226 g/mol. The van der Waals surface area contributed by atoms with Crippen LogP contribution in [0, 0.1) is 0 Å². The Morgan fingerprint density at radius 2 is 2.06 bits per heavy atom. The SMILES string of the molecule is O=C1CNC(=O)N1c1nc2c(s1)CCCC2. The normalized spacial score (nSPS) is 19.9. The zero-order valence-electron chi connectivity index (χ0n) is 8.65. The standard InChI is InChI=1S/C10H11N3O2S/c14-8-5-11-9(15)13(8)10-12-6-3-1-2-4-7(6)16-10/h1-5H2,(H,11,15). The van der Waals surface area contributed by atoms with Crippen LogP contribution in [0.25, 0.3) is 0 Å². The second-order valence-corrected chi connectivity index (χ2v) is 5.02. The second kappa shape index (κ2) is 3.55. The number of hydrogen-bond donors (Lipinski definition) is 1. The van der Waals surface area contributed by atoms with Gasteiger partial charge in [-0.05, 0) is 25.7 Å². The highest BCUT2D eigenvalue weighted by atomic mass is 32.1. The molecule has 84 valence electrons. The number of rotatable bonds is 1. The molecule has 3 rings (SSSR count). The molecule has 6 heteroatoms. The van der Waals surface area contributed by atoms with E-state index in [1.165, 1.54) is 22.6 Å². The van der Waals surface area contributed by atoms with Crippen molar-refractivity contribution in [3.63, 3.8) is 0 Å². The van der Waals surface area contributed by atoms with E-state index in [0.717, 1.165) is 29.9 Å². The van der Waals surface area contributed by atoms with Crippen LogP contribution in [-0.2, 0) is 17.6 Å². The first-order chi connectivity index (χ1) is 7.75. The van der Waals surface area contributed by atoms with Crippen LogP contribution in [0.2, 0.25) is 0 Å². The van der Waals surface area contributed by atoms with Crippen LogP contribution in [0.5, 0.6) is 0 Å². The number of carbonyl (C=O) groups excluding carboxylic acids is 2. The summed E-state index contributed by atoms with van der Waals surface area (Å²) in [6.45, 7) is 0.0864. The molecular formula is C10H11N3O2S. The number of nitrogens with one attached hydrogen (secondary N) is 1. The summed E-state index contributed by atoms with van der Waals surface area (Å²) in [5, 5.41) is 3.04. The lowest BCUT2D eigenvalue weighted by Gasteiger charge is -2.06. The minimum atomic E-state index is -0.351. The van der Waals surface area contributed by atoms with Gasteiger partial charge in [-0.15, -0.1) is 11.3 Å². The van der Waals surface area contributed by atoms with Gasteiger partial charge in [-0.1, -0.05) is 0 Å². The molecule has 0 saturated carbocycles. The summed E-state index contributed by atoms with van der Waals surface area (Å²) in [6.07, 6.45) is 4.32. The average molecular weight is 237 g/mol. The molecule has 1 aromatic heterocycles. The summed E-state index contributed by atoms with van der Waals surface area (Å²) in [5.41, 5.74) is 1.07. The molecule has 1 aromatic rings. The molecule has 16 heavy (non-hydrogen) atoms. The molecule has 1 aliphatic carbocycles. The second-order valence-electron chi connectivity index (χ2n) is 3.96. The molecule has 0 atom stereocenters. The molecule has 1 N–H and O–H groups in total. The van der Waals surface area contributed by atoms with Crippen LogP contribution in [-0.4, -0.2) is 23.5 Å². The Bertz CT molecular complexity index is 429. The number of fused-ring (bicyclic) bond motifs is 1. The lowest BCUT2D eigenvalue weighted by molar-refractivity contribution is -0.115. The molecule has 2 heterocycles. The maximum absolute atomic E-state index is 11.5. The quantitative estimate of drug-likeness (QED) is 0.743. The van der Waals surface area contributed by atoms with Crippen LogP contribution in [0.1, 0.15) is 23.4 Å². The molecule has 0 aromatic carbocycles. The van der Waals surface area contributed by atoms with Crippen molar-refractivity contribution in [1.29, 1.82) is 0 Å². The zero-order chi connectivity index (χ0) is 11.1. The van der Waals surface area contributed by atoms with Gasteiger partial charge in [-0.2, -0.15) is 0 Å². The van der Waals surface area contributed by atoms with Gasteiger partial charge in [0.25, 0.3) is 5.91 Å². The fourth-order valence-corrected chi connectivity index (χ4v) is 3.21. The molecule has 0 unspecified atom stereocenters. The molecule has 2 aliphatic rings. The maximum atomic E-state index is 11.5. The van der Waals surface area contributed by atoms with Crippen molar-refractivity contribution < 1.29 is 9.59 Å². The summed E-state index contributed by atoms with van der Waals surface area (Å²) in [5.74, 6) is -0.212. The number of imide groups is 1. The Morgan fingerprint density at radius 3 is 2.75 bits per heavy atom. The number of carbonyl (C=O) groups is 2. The van der Waals surface area contributed by atoms with Gasteiger partial charge in [-0.25, -0.2) is 14.7 Å². The first-order valence-electron chi connectivity index (χ1n) is 5.35. The largest absolute Gasteiger partial charge is 0.331 e. The Morgan fingerprint density at radius 1 is 1.25 bits per heavy atom. The van der Waals surface area contributed by atoms with Gasteiger partial charge in [0.15, 0.2) is 0 Å². The van der Waals surface area contributed by atoms with E-state index < -0.39 is 0 Å². The number of aromatic nitrogens is 1. The number of nitrogens with zero attached hydrogens (tertiary/aromatic N) is 2. The van der Waals surface area contributed by atoms with Gasteiger partial charge in [0.05, 0.1) is 12.2 Å². The van der Waals surface area contributed by atoms with Crippen molar-refractivity contribution in [2.45, 2.75) is 25.7 Å². The maximum Gasteiger partial charge on any atom is 0.331 e. The molecule has 0 bridgehead atoms. The van der Waals surface area contributed by atoms with Gasteiger partial charge in [0, 0.05) is 4.88 Å². The lowest BCUT2D eigenvalue weighted by atomic mass is 10.0. The minimum absolute atomic E-state index is 0.0864. The number of urea groups is 1. The predicted octanol–water partition coefficient (Wildman–Crippen LogP) is 1.08. The first-order valence-corrected chi connectivity index (χ1v) is 6.17. The third-order valence-corrected chi connectivity index (χ3v) is 4.01. The van der Waals surface area contributed by atoms with Gasteiger partial charge in [-0.3, -0.25) is 4.79 Å². The van der Waals surface area contributed by atoms with Crippen molar-refractivity contribution in [2.24, 2.45) is 0 Å². The van der Waals surface area contributed by atoms with Crippen LogP contribution < -0.4 is 10.2 Å². The van der Waals surface area contributed by atoms with E-state index in [9.17, 15) is 9.59 Å². The fraction of sp³-hybridized carbons (Fsp3) is 0.500. The van der Waals surface area contributed by atoms with E-state index >= 15 is 0 Å². The summed E-state index contributed by atoms with van der Waals surface area (Å²) < 4.78 is 0. The number of amides is 3. The lowest BCUT2D eigenvalue weighted by Crippen LogP contribution is -2.30. The smallest absolute Gasteiger partial charge is 0.328 e. The summed E-state index contributed by atoms with van der Waals surface area (Å²) in [4.78, 5) is 29.7. The molecule has 0 radical (unpaired) electrons. The van der Waals surface area contributed by atoms with Gasteiger partial charge >= 0.3 is 6.03 Å². The van der Waals surface area contributed by atoms with Gasteiger partial charge in [0.2, 0.25) is 5.13 Å². The van der Waals surface area contributed by atoms with E-state index in [4.69, 9.17) is 0 Å². The highest BCUT2D eigenvalue weighted by molar-refractivity contribution is 7.16. The summed E-state index contributed by atoms with van der Waals surface area (Å²) in [7, 11) is 0. The highest BCUT2D eigenvalue weighted by Crippen LogP contribution is 2.32. The van der Waals surface area contributed by atoms with Crippen molar-refractivity contribution in [3.05, 3.63) is 10.6 Å². The molecule has 1 fully saturated rings. The molecule has 5 nitrogen and oxygen atoms in total. The average Bonchev–Trinajstić information content (AvgIpc) is 2.82. The monoisotopic (exact) mass is 237 g/mol. The number of hydrogen-bond acceptors (Lipinski definition) is 4. The first kappa shape index (κ1) is 9.77. The Balaban J connectivity index is 1.97. The van der Waals surface area contributed by atoms with Crippen molar-refractivity contribution in [2.75, 3.05) is 11.4 Å². The van der Waals surface area contributed by atoms with E-state index in [1.54, 1.807) is 0 Å². The minimum Gasteiger partial charge on any atom is -0.328 e. The Hall–Kier alpha value is -1.43.